The molecule has 0 fully saturated rings. The molecule has 1 heterocycles. The average Bonchev–Trinajstić information content (AvgIpc) is 3.22. The number of aliphatic imine (C=N–C) groups is 1. The molecule has 0 aromatic heterocycles. The van der Waals surface area contributed by atoms with Gasteiger partial charge in [-0.1, -0.05) is 18.2 Å². The number of ether oxygens (including phenoxy) is 1. The molecule has 0 aliphatic carbocycles. The molecule has 0 spiro atoms. The summed E-state index contributed by atoms with van der Waals surface area (Å²) in [7, 11) is 5.17. The van der Waals surface area contributed by atoms with Crippen molar-refractivity contribution in [3.8, 4) is 0 Å². The summed E-state index contributed by atoms with van der Waals surface area (Å²) in [4.78, 5) is 45.5. The number of likely N-dealkylation sites (N-methyl/N-ethyl adjacent to an activating group) is 1. The Kier molecular flexibility index (Phi) is 8.36. The number of amides is 3. The molecular formula is C29H30FN5O4. The second-order valence-electron chi connectivity index (χ2n) is 9.34. The maximum absolute atomic E-state index is 13.9. The Bertz CT molecular complexity index is 1400. The third kappa shape index (κ3) is 6.47. The van der Waals surface area contributed by atoms with Crippen molar-refractivity contribution in [3.63, 3.8) is 0 Å². The van der Waals surface area contributed by atoms with Crippen molar-refractivity contribution in [3.05, 3.63) is 83.7 Å². The summed E-state index contributed by atoms with van der Waals surface area (Å²) in [5.74, 6) is -1.63. The fraction of sp³-hybridized carbons (Fsp3) is 0.241. The van der Waals surface area contributed by atoms with Crippen molar-refractivity contribution in [1.82, 2.24) is 4.90 Å². The van der Waals surface area contributed by atoms with E-state index in [1.807, 2.05) is 31.1 Å². The van der Waals surface area contributed by atoms with Crippen LogP contribution in [-0.2, 0) is 14.3 Å². The molecule has 0 bridgehead atoms. The molecule has 39 heavy (non-hydrogen) atoms. The number of nitrogens with zero attached hydrogens (tertiary/aromatic N) is 3. The largest absolute Gasteiger partial charge is 0.453 e. The number of rotatable bonds is 8. The quantitative estimate of drug-likeness (QED) is 0.408. The number of fused-ring (bicyclic) bond motifs is 1. The number of nitrogens with one attached hydrogen (secondary N) is 2. The van der Waals surface area contributed by atoms with E-state index < -0.39 is 17.8 Å². The van der Waals surface area contributed by atoms with E-state index in [1.165, 1.54) is 26.2 Å². The molecule has 202 valence electrons. The van der Waals surface area contributed by atoms with Crippen LogP contribution in [0.15, 0.2) is 71.7 Å². The van der Waals surface area contributed by atoms with Crippen molar-refractivity contribution in [2.45, 2.75) is 12.8 Å². The van der Waals surface area contributed by atoms with Crippen molar-refractivity contribution < 1.29 is 23.5 Å². The van der Waals surface area contributed by atoms with Crippen LogP contribution in [0.25, 0.3) is 0 Å². The Balaban J connectivity index is 1.73. The van der Waals surface area contributed by atoms with Gasteiger partial charge in [0.2, 0.25) is 11.8 Å². The van der Waals surface area contributed by atoms with Gasteiger partial charge in [0.15, 0.2) is 0 Å². The van der Waals surface area contributed by atoms with Crippen LogP contribution in [-0.4, -0.2) is 62.8 Å². The fourth-order valence-electron chi connectivity index (χ4n) is 4.31. The van der Waals surface area contributed by atoms with Crippen LogP contribution < -0.4 is 15.5 Å². The van der Waals surface area contributed by atoms with Gasteiger partial charge in [0, 0.05) is 37.1 Å². The van der Waals surface area contributed by atoms with E-state index in [2.05, 4.69) is 15.4 Å². The predicted octanol–water partition coefficient (Wildman–Crippen LogP) is 4.78. The van der Waals surface area contributed by atoms with Gasteiger partial charge in [-0.15, -0.1) is 0 Å². The SMILES string of the molecule is COC(=O)Nc1ccc(C(=Nc2ccc(N(CCN(C)C)C(C)=O)cc2)C2C(=O)Nc3cc(F)ccc32)cc1. The number of carbonyl (C=O) groups is 3. The van der Waals surface area contributed by atoms with E-state index in [1.54, 1.807) is 47.4 Å². The molecule has 0 saturated heterocycles. The molecular weight excluding hydrogens is 501 g/mol. The zero-order valence-electron chi connectivity index (χ0n) is 22.2. The molecule has 10 heteroatoms. The van der Waals surface area contributed by atoms with Gasteiger partial charge in [-0.3, -0.25) is 19.9 Å². The number of anilines is 3. The Morgan fingerprint density at radius 2 is 1.72 bits per heavy atom. The van der Waals surface area contributed by atoms with Crippen molar-refractivity contribution >= 4 is 46.4 Å². The molecule has 2 N–H and O–H groups in total. The van der Waals surface area contributed by atoms with Crippen molar-refractivity contribution in [2.24, 2.45) is 4.99 Å². The Hall–Kier alpha value is -4.57. The molecule has 3 aromatic rings. The van der Waals surface area contributed by atoms with Gasteiger partial charge in [-0.2, -0.15) is 0 Å². The highest BCUT2D eigenvalue weighted by atomic mass is 19.1. The van der Waals surface area contributed by atoms with Crippen LogP contribution >= 0.6 is 0 Å². The molecule has 1 aliphatic heterocycles. The lowest BCUT2D eigenvalue weighted by Gasteiger charge is -2.23. The monoisotopic (exact) mass is 531 g/mol. The standard InChI is InChI=1S/C29H30FN5O4/c1-18(36)35(16-15-34(2)3)23-12-10-21(11-13-23)31-27(19-5-8-22(9-6-19)32-29(38)39-4)26-24-14-7-20(30)17-25(24)33-28(26)37/h5-14,17,26H,15-16H2,1-4H3,(H,32,38)(H,33,37). The molecule has 1 aliphatic rings. The summed E-state index contributed by atoms with van der Waals surface area (Å²) >= 11 is 0. The maximum atomic E-state index is 13.9. The normalized spacial score (nSPS) is 14.6. The van der Waals surface area contributed by atoms with Crippen LogP contribution in [0.5, 0.6) is 0 Å². The Morgan fingerprint density at radius 3 is 2.33 bits per heavy atom. The van der Waals surface area contributed by atoms with Crippen LogP contribution in [0.3, 0.4) is 0 Å². The highest BCUT2D eigenvalue weighted by molar-refractivity contribution is 6.24. The zero-order chi connectivity index (χ0) is 28.1. The summed E-state index contributed by atoms with van der Waals surface area (Å²) in [6, 6.07) is 18.2. The van der Waals surface area contributed by atoms with Gasteiger partial charge in [0.25, 0.3) is 0 Å². The van der Waals surface area contributed by atoms with Crippen molar-refractivity contribution in [1.29, 1.82) is 0 Å². The van der Waals surface area contributed by atoms with Crippen LogP contribution in [0.1, 0.15) is 24.0 Å². The minimum Gasteiger partial charge on any atom is -0.453 e. The maximum Gasteiger partial charge on any atom is 0.411 e. The smallest absolute Gasteiger partial charge is 0.411 e. The molecule has 3 amide bonds. The van der Waals surface area contributed by atoms with Crippen LogP contribution in [0.2, 0.25) is 0 Å². The first-order valence-electron chi connectivity index (χ1n) is 12.3. The van der Waals surface area contributed by atoms with Gasteiger partial charge in [-0.25, -0.2) is 9.18 Å². The summed E-state index contributed by atoms with van der Waals surface area (Å²) in [5, 5.41) is 5.34. The molecule has 1 atom stereocenters. The molecule has 0 saturated carbocycles. The van der Waals surface area contributed by atoms with Crippen molar-refractivity contribution in [2.75, 3.05) is 49.8 Å². The van der Waals surface area contributed by atoms with Crippen LogP contribution in [0, 0.1) is 5.82 Å². The first-order chi connectivity index (χ1) is 18.7. The van der Waals surface area contributed by atoms with Gasteiger partial charge >= 0.3 is 6.09 Å². The number of halogens is 1. The van der Waals surface area contributed by atoms with Gasteiger partial charge in [0.1, 0.15) is 11.7 Å². The minimum absolute atomic E-state index is 0.0686. The summed E-state index contributed by atoms with van der Waals surface area (Å²) in [6.45, 7) is 2.77. The van der Waals surface area contributed by atoms with Crippen LogP contribution in [0.4, 0.5) is 31.9 Å². The lowest BCUT2D eigenvalue weighted by atomic mass is 9.90. The summed E-state index contributed by atoms with van der Waals surface area (Å²) < 4.78 is 18.5. The van der Waals surface area contributed by atoms with E-state index in [0.717, 1.165) is 5.69 Å². The number of benzene rings is 3. The van der Waals surface area contributed by atoms with E-state index in [0.29, 0.717) is 47.0 Å². The number of carbonyl (C=O) groups excluding carboxylic acids is 3. The molecule has 4 rings (SSSR count). The van der Waals surface area contributed by atoms with Gasteiger partial charge in [0.05, 0.1) is 18.5 Å². The third-order valence-corrected chi connectivity index (χ3v) is 6.29. The van der Waals surface area contributed by atoms with Gasteiger partial charge in [-0.05, 0) is 73.8 Å². The third-order valence-electron chi connectivity index (χ3n) is 6.29. The van der Waals surface area contributed by atoms with Gasteiger partial charge < -0.3 is 19.9 Å². The summed E-state index contributed by atoms with van der Waals surface area (Å²) in [5.41, 5.74) is 3.92. The predicted molar refractivity (Wildman–Crippen MR) is 149 cm³/mol. The fourth-order valence-corrected chi connectivity index (χ4v) is 4.31. The average molecular weight is 532 g/mol. The second-order valence-corrected chi connectivity index (χ2v) is 9.34. The zero-order valence-corrected chi connectivity index (χ0v) is 22.2. The van der Waals surface area contributed by atoms with E-state index in [9.17, 15) is 18.8 Å². The summed E-state index contributed by atoms with van der Waals surface area (Å²) in [6.07, 6.45) is -0.604. The Labute approximate surface area is 226 Å². The lowest BCUT2D eigenvalue weighted by molar-refractivity contribution is -0.117. The first-order valence-corrected chi connectivity index (χ1v) is 12.3. The minimum atomic E-state index is -0.784. The number of hydrogen-bond acceptors (Lipinski definition) is 6. The van der Waals surface area contributed by atoms with E-state index in [-0.39, 0.29) is 11.8 Å². The molecule has 1 unspecified atom stereocenters. The molecule has 3 aromatic carbocycles. The highest BCUT2D eigenvalue weighted by Crippen LogP contribution is 2.37. The topological polar surface area (TPSA) is 103 Å². The number of hydrogen-bond donors (Lipinski definition) is 2. The first kappa shape index (κ1) is 27.5. The number of methoxy groups -OCH3 is 1. The highest BCUT2D eigenvalue weighted by Gasteiger charge is 2.35. The second kappa shape index (κ2) is 11.9. The van der Waals surface area contributed by atoms with E-state index in [4.69, 9.17) is 4.99 Å². The molecule has 0 radical (unpaired) electrons. The Morgan fingerprint density at radius 1 is 1.03 bits per heavy atom. The van der Waals surface area contributed by atoms with E-state index >= 15 is 0 Å². The lowest BCUT2D eigenvalue weighted by Crippen LogP contribution is -2.35. The molecule has 9 nitrogen and oxygen atoms in total.